The molecule has 1 saturated heterocycles. The van der Waals surface area contributed by atoms with Gasteiger partial charge in [0.05, 0.1) is 30.7 Å². The molecule has 0 unspecified atom stereocenters. The SMILES string of the molecule is COc1ccc(OC(C)(C)C(=O)N2CCC[C@H]2c2ccc(Nc3ncccn3)cn2)cc1. The average molecular weight is 434 g/mol. The minimum Gasteiger partial charge on any atom is -0.497 e. The molecule has 1 N–H and O–H groups in total. The van der Waals surface area contributed by atoms with Gasteiger partial charge >= 0.3 is 0 Å². The van der Waals surface area contributed by atoms with Gasteiger partial charge in [0.25, 0.3) is 5.91 Å². The van der Waals surface area contributed by atoms with Crippen LogP contribution in [0.25, 0.3) is 0 Å². The topological polar surface area (TPSA) is 89.5 Å². The Bertz CT molecular complexity index is 1040. The molecule has 1 fully saturated rings. The molecule has 32 heavy (non-hydrogen) atoms. The van der Waals surface area contributed by atoms with Crippen molar-refractivity contribution in [2.45, 2.75) is 38.3 Å². The summed E-state index contributed by atoms with van der Waals surface area (Å²) >= 11 is 0. The first kappa shape index (κ1) is 21.5. The smallest absolute Gasteiger partial charge is 0.266 e. The van der Waals surface area contributed by atoms with Crippen LogP contribution in [-0.4, -0.2) is 45.0 Å². The van der Waals surface area contributed by atoms with E-state index in [1.54, 1.807) is 57.7 Å². The molecule has 1 amide bonds. The minimum atomic E-state index is -1.01. The van der Waals surface area contributed by atoms with Crippen molar-refractivity contribution >= 4 is 17.5 Å². The number of pyridine rings is 1. The molecule has 0 spiro atoms. The van der Waals surface area contributed by atoms with Gasteiger partial charge in [-0.25, -0.2) is 9.97 Å². The molecule has 0 aliphatic carbocycles. The molecule has 8 heteroatoms. The van der Waals surface area contributed by atoms with Crippen molar-refractivity contribution in [2.24, 2.45) is 0 Å². The predicted octanol–water partition coefficient (Wildman–Crippen LogP) is 4.14. The van der Waals surface area contributed by atoms with Gasteiger partial charge < -0.3 is 19.7 Å². The molecule has 8 nitrogen and oxygen atoms in total. The molecule has 3 aromatic rings. The molecule has 4 rings (SSSR count). The Morgan fingerprint density at radius 1 is 1.06 bits per heavy atom. The lowest BCUT2D eigenvalue weighted by Gasteiger charge is -2.33. The molecule has 0 bridgehead atoms. The van der Waals surface area contributed by atoms with Crippen LogP contribution in [0.2, 0.25) is 0 Å². The summed E-state index contributed by atoms with van der Waals surface area (Å²) in [6.45, 7) is 4.28. The van der Waals surface area contributed by atoms with Crippen LogP contribution < -0.4 is 14.8 Å². The highest BCUT2D eigenvalue weighted by Crippen LogP contribution is 2.34. The number of rotatable bonds is 7. The number of hydrogen-bond acceptors (Lipinski definition) is 7. The van der Waals surface area contributed by atoms with Crippen molar-refractivity contribution in [2.75, 3.05) is 19.0 Å². The van der Waals surface area contributed by atoms with Crippen molar-refractivity contribution < 1.29 is 14.3 Å². The van der Waals surface area contributed by atoms with Gasteiger partial charge in [-0.2, -0.15) is 0 Å². The number of nitrogens with one attached hydrogen (secondary N) is 1. The quantitative estimate of drug-likeness (QED) is 0.599. The largest absolute Gasteiger partial charge is 0.497 e. The molecular weight excluding hydrogens is 406 g/mol. The van der Waals surface area contributed by atoms with Gasteiger partial charge in [0, 0.05) is 18.9 Å². The van der Waals surface area contributed by atoms with Crippen LogP contribution in [0.4, 0.5) is 11.6 Å². The van der Waals surface area contributed by atoms with E-state index in [1.807, 2.05) is 29.2 Å². The number of anilines is 2. The van der Waals surface area contributed by atoms with Gasteiger partial charge in [0.15, 0.2) is 5.60 Å². The summed E-state index contributed by atoms with van der Waals surface area (Å²) in [6, 6.07) is 12.8. The minimum absolute atomic E-state index is 0.0579. The molecule has 3 heterocycles. The average Bonchev–Trinajstić information content (AvgIpc) is 3.30. The van der Waals surface area contributed by atoms with E-state index < -0.39 is 5.60 Å². The van der Waals surface area contributed by atoms with Gasteiger partial charge in [0.1, 0.15) is 11.5 Å². The van der Waals surface area contributed by atoms with Crippen LogP contribution in [0.3, 0.4) is 0 Å². The second kappa shape index (κ2) is 9.21. The summed E-state index contributed by atoms with van der Waals surface area (Å²) in [6.07, 6.45) is 6.88. The summed E-state index contributed by atoms with van der Waals surface area (Å²) < 4.78 is 11.2. The van der Waals surface area contributed by atoms with E-state index in [2.05, 4.69) is 20.3 Å². The molecule has 1 aromatic carbocycles. The number of carbonyl (C=O) groups excluding carboxylic acids is 1. The summed E-state index contributed by atoms with van der Waals surface area (Å²) in [5.74, 6) is 1.81. The fraction of sp³-hybridized carbons (Fsp3) is 0.333. The molecular formula is C24H27N5O3. The first-order valence-electron chi connectivity index (χ1n) is 10.6. The normalized spacial score (nSPS) is 16.0. The first-order chi connectivity index (χ1) is 15.5. The fourth-order valence-electron chi connectivity index (χ4n) is 3.81. The molecule has 166 valence electrons. The summed E-state index contributed by atoms with van der Waals surface area (Å²) in [5, 5.41) is 3.12. The number of nitrogens with zero attached hydrogens (tertiary/aromatic N) is 4. The van der Waals surface area contributed by atoms with Crippen LogP contribution >= 0.6 is 0 Å². The maximum Gasteiger partial charge on any atom is 0.266 e. The van der Waals surface area contributed by atoms with E-state index in [9.17, 15) is 4.79 Å². The molecule has 0 saturated carbocycles. The summed E-state index contributed by atoms with van der Waals surface area (Å²) in [5.41, 5.74) is 0.637. The van der Waals surface area contributed by atoms with Crippen LogP contribution in [0, 0.1) is 0 Å². The Labute approximate surface area is 187 Å². The number of likely N-dealkylation sites (tertiary alicyclic amines) is 1. The van der Waals surface area contributed by atoms with E-state index in [1.165, 1.54) is 0 Å². The predicted molar refractivity (Wildman–Crippen MR) is 121 cm³/mol. The molecule has 1 aliphatic heterocycles. The van der Waals surface area contributed by atoms with Crippen LogP contribution in [-0.2, 0) is 4.79 Å². The molecule has 1 aliphatic rings. The number of aromatic nitrogens is 3. The van der Waals surface area contributed by atoms with E-state index in [-0.39, 0.29) is 11.9 Å². The van der Waals surface area contributed by atoms with Crippen LogP contribution in [0.5, 0.6) is 11.5 Å². The second-order valence-electron chi connectivity index (χ2n) is 8.11. The third kappa shape index (κ3) is 4.80. The molecule has 0 radical (unpaired) electrons. The highest BCUT2D eigenvalue weighted by atomic mass is 16.5. The highest BCUT2D eigenvalue weighted by molar-refractivity contribution is 5.85. The Balaban J connectivity index is 1.45. The van der Waals surface area contributed by atoms with Gasteiger partial charge in [-0.3, -0.25) is 9.78 Å². The van der Waals surface area contributed by atoms with Gasteiger partial charge in [-0.05, 0) is 69.2 Å². The van der Waals surface area contributed by atoms with Crippen LogP contribution in [0.1, 0.15) is 38.4 Å². The van der Waals surface area contributed by atoms with E-state index >= 15 is 0 Å². The summed E-state index contributed by atoms with van der Waals surface area (Å²) in [4.78, 5) is 28.2. The number of hydrogen-bond donors (Lipinski definition) is 1. The van der Waals surface area contributed by atoms with Crippen molar-refractivity contribution in [1.82, 2.24) is 19.9 Å². The zero-order valence-electron chi connectivity index (χ0n) is 18.5. The van der Waals surface area contributed by atoms with E-state index in [0.717, 1.165) is 30.0 Å². The summed E-state index contributed by atoms with van der Waals surface area (Å²) in [7, 11) is 1.61. The Kier molecular flexibility index (Phi) is 6.20. The highest BCUT2D eigenvalue weighted by Gasteiger charge is 2.40. The fourth-order valence-corrected chi connectivity index (χ4v) is 3.81. The Hall–Kier alpha value is -3.68. The van der Waals surface area contributed by atoms with Gasteiger partial charge in [-0.15, -0.1) is 0 Å². The van der Waals surface area contributed by atoms with Crippen LogP contribution in [0.15, 0.2) is 61.1 Å². The van der Waals surface area contributed by atoms with E-state index in [4.69, 9.17) is 9.47 Å². The van der Waals surface area contributed by atoms with Crippen molar-refractivity contribution in [3.05, 3.63) is 66.7 Å². The van der Waals surface area contributed by atoms with E-state index in [0.29, 0.717) is 18.2 Å². The standard InChI is InChI=1S/C24H27N5O3/c1-24(2,32-19-10-8-18(31-3)9-11-19)22(30)29-15-4-6-21(29)20-12-7-17(16-27-20)28-23-25-13-5-14-26-23/h5,7-14,16,21H,4,6,15H2,1-3H3,(H,25,26,28)/t21-/m0/s1. The number of ether oxygens (including phenoxy) is 2. The number of carbonyl (C=O) groups is 1. The second-order valence-corrected chi connectivity index (χ2v) is 8.11. The maximum absolute atomic E-state index is 13.4. The lowest BCUT2D eigenvalue weighted by molar-refractivity contribution is -0.146. The van der Waals surface area contributed by atoms with Gasteiger partial charge in [-0.1, -0.05) is 0 Å². The Morgan fingerprint density at radius 2 is 1.78 bits per heavy atom. The van der Waals surface area contributed by atoms with Crippen molar-refractivity contribution in [3.8, 4) is 11.5 Å². The van der Waals surface area contributed by atoms with Gasteiger partial charge in [0.2, 0.25) is 5.95 Å². The number of methoxy groups -OCH3 is 1. The van der Waals surface area contributed by atoms with Crippen molar-refractivity contribution in [3.63, 3.8) is 0 Å². The lowest BCUT2D eigenvalue weighted by atomic mass is 10.0. The number of benzene rings is 1. The molecule has 1 atom stereocenters. The van der Waals surface area contributed by atoms with Crippen molar-refractivity contribution in [1.29, 1.82) is 0 Å². The third-order valence-corrected chi connectivity index (χ3v) is 5.41. The maximum atomic E-state index is 13.4. The first-order valence-corrected chi connectivity index (χ1v) is 10.6. The molecule has 2 aromatic heterocycles. The monoisotopic (exact) mass is 433 g/mol. The third-order valence-electron chi connectivity index (χ3n) is 5.41. The zero-order valence-corrected chi connectivity index (χ0v) is 18.5. The Morgan fingerprint density at radius 3 is 2.44 bits per heavy atom. The zero-order chi connectivity index (χ0) is 22.6. The number of amides is 1. The lowest BCUT2D eigenvalue weighted by Crippen LogP contribution is -2.48.